The first-order valence-electron chi connectivity index (χ1n) is 9.89. The third kappa shape index (κ3) is 3.82. The number of amides is 1. The summed E-state index contributed by atoms with van der Waals surface area (Å²) in [7, 11) is 0. The zero-order valence-electron chi connectivity index (χ0n) is 17.7. The zero-order chi connectivity index (χ0) is 22.1. The lowest BCUT2D eigenvalue weighted by Gasteiger charge is -2.07. The Labute approximate surface area is 183 Å². The van der Waals surface area contributed by atoms with Gasteiger partial charge in [0.25, 0.3) is 5.91 Å². The molecule has 1 amide bonds. The van der Waals surface area contributed by atoms with E-state index in [1.165, 1.54) is 17.5 Å². The van der Waals surface area contributed by atoms with Crippen LogP contribution in [0.3, 0.4) is 0 Å². The van der Waals surface area contributed by atoms with Crippen LogP contribution in [0, 0.1) is 20.8 Å². The number of thiophene rings is 1. The van der Waals surface area contributed by atoms with Crippen LogP contribution in [0.4, 0.5) is 5.00 Å². The lowest BCUT2D eigenvalue weighted by molar-refractivity contribution is 0.0527. The lowest BCUT2D eigenvalue weighted by Crippen LogP contribution is -2.15. The Balaban J connectivity index is 1.70. The molecule has 0 spiro atoms. The maximum atomic E-state index is 13.1. The van der Waals surface area contributed by atoms with Crippen molar-refractivity contribution in [3.63, 3.8) is 0 Å². The van der Waals surface area contributed by atoms with Gasteiger partial charge in [0, 0.05) is 16.6 Å². The van der Waals surface area contributed by atoms with E-state index in [9.17, 15) is 9.59 Å². The van der Waals surface area contributed by atoms with Gasteiger partial charge in [-0.1, -0.05) is 29.8 Å². The monoisotopic (exact) mass is 434 g/mol. The number of fused-ring (bicyclic) bond motifs is 1. The fourth-order valence-electron chi connectivity index (χ4n) is 3.33. The van der Waals surface area contributed by atoms with Crippen LogP contribution < -0.4 is 5.32 Å². The molecule has 0 atom stereocenters. The maximum absolute atomic E-state index is 13.1. The summed E-state index contributed by atoms with van der Waals surface area (Å²) in [6.45, 7) is 7.80. The standard InChI is InChI=1S/C23H22N4O3S/c1-5-30-23(29)19-14(3)15(4)31-22(19)26-21(28)17-12-25-27-18(10-11-24-20(17)27)16-8-6-13(2)7-9-16/h6-12H,5H2,1-4H3,(H,26,28). The number of hydrogen-bond acceptors (Lipinski definition) is 6. The number of hydrogen-bond donors (Lipinski definition) is 1. The van der Waals surface area contributed by atoms with Crippen LogP contribution in [0.5, 0.6) is 0 Å². The fraction of sp³-hybridized carbons (Fsp3) is 0.217. The van der Waals surface area contributed by atoms with Gasteiger partial charge in [0.1, 0.15) is 10.6 Å². The molecule has 4 aromatic rings. The van der Waals surface area contributed by atoms with Gasteiger partial charge >= 0.3 is 5.97 Å². The first-order chi connectivity index (χ1) is 14.9. The topological polar surface area (TPSA) is 85.6 Å². The van der Waals surface area contributed by atoms with Crippen molar-refractivity contribution in [1.29, 1.82) is 0 Å². The first-order valence-corrected chi connectivity index (χ1v) is 10.7. The SMILES string of the molecule is CCOC(=O)c1c(NC(=O)c2cnn3c(-c4ccc(C)cc4)ccnc23)sc(C)c1C. The molecule has 7 nitrogen and oxygen atoms in total. The Kier molecular flexibility index (Phi) is 5.56. The van der Waals surface area contributed by atoms with Gasteiger partial charge in [-0.25, -0.2) is 14.3 Å². The van der Waals surface area contributed by atoms with Crippen LogP contribution in [0.25, 0.3) is 16.9 Å². The van der Waals surface area contributed by atoms with Crippen LogP contribution >= 0.6 is 11.3 Å². The Hall–Kier alpha value is -3.52. The van der Waals surface area contributed by atoms with Gasteiger partial charge < -0.3 is 10.1 Å². The number of carbonyl (C=O) groups is 2. The lowest BCUT2D eigenvalue weighted by atomic mass is 10.1. The van der Waals surface area contributed by atoms with E-state index >= 15 is 0 Å². The summed E-state index contributed by atoms with van der Waals surface area (Å²) in [6, 6.07) is 9.92. The minimum atomic E-state index is -0.445. The van der Waals surface area contributed by atoms with Crippen molar-refractivity contribution in [2.75, 3.05) is 11.9 Å². The molecule has 0 saturated heterocycles. The predicted molar refractivity (Wildman–Crippen MR) is 121 cm³/mol. The van der Waals surface area contributed by atoms with E-state index in [-0.39, 0.29) is 12.5 Å². The Bertz CT molecular complexity index is 1290. The summed E-state index contributed by atoms with van der Waals surface area (Å²) in [5.41, 5.74) is 4.93. The Morgan fingerprint density at radius 2 is 1.87 bits per heavy atom. The molecule has 8 heteroatoms. The highest BCUT2D eigenvalue weighted by Crippen LogP contribution is 2.33. The molecular weight excluding hydrogens is 412 g/mol. The number of ether oxygens (including phenoxy) is 1. The average molecular weight is 435 g/mol. The molecule has 0 unspecified atom stereocenters. The number of aryl methyl sites for hydroxylation is 2. The van der Waals surface area contributed by atoms with Crippen LogP contribution in [0.15, 0.2) is 42.7 Å². The molecule has 3 heterocycles. The third-order valence-electron chi connectivity index (χ3n) is 5.09. The van der Waals surface area contributed by atoms with Crippen molar-refractivity contribution < 1.29 is 14.3 Å². The summed E-state index contributed by atoms with van der Waals surface area (Å²) < 4.78 is 6.82. The molecule has 158 valence electrons. The number of anilines is 1. The third-order valence-corrected chi connectivity index (χ3v) is 6.21. The molecule has 0 fully saturated rings. The molecule has 0 radical (unpaired) electrons. The fourth-order valence-corrected chi connectivity index (χ4v) is 4.37. The molecule has 1 N–H and O–H groups in total. The summed E-state index contributed by atoms with van der Waals surface area (Å²) in [4.78, 5) is 30.8. The molecule has 0 aliphatic carbocycles. The van der Waals surface area contributed by atoms with Crippen LogP contribution in [-0.2, 0) is 4.74 Å². The van der Waals surface area contributed by atoms with Gasteiger partial charge in [0.05, 0.1) is 24.1 Å². The average Bonchev–Trinajstić information content (AvgIpc) is 3.30. The quantitative estimate of drug-likeness (QED) is 0.456. The van der Waals surface area contributed by atoms with Crippen molar-refractivity contribution in [2.45, 2.75) is 27.7 Å². The second-order valence-corrected chi connectivity index (χ2v) is 8.38. The normalized spacial score (nSPS) is 11.0. The van der Waals surface area contributed by atoms with E-state index in [4.69, 9.17) is 4.74 Å². The van der Waals surface area contributed by atoms with E-state index in [1.54, 1.807) is 17.6 Å². The van der Waals surface area contributed by atoms with E-state index in [0.717, 1.165) is 27.3 Å². The molecule has 0 aliphatic heterocycles. The molecule has 0 bridgehead atoms. The largest absolute Gasteiger partial charge is 0.462 e. The van der Waals surface area contributed by atoms with Crippen LogP contribution in [0.1, 0.15) is 43.6 Å². The van der Waals surface area contributed by atoms with Gasteiger partial charge in [0.2, 0.25) is 0 Å². The minimum absolute atomic E-state index is 0.264. The zero-order valence-corrected chi connectivity index (χ0v) is 18.5. The summed E-state index contributed by atoms with van der Waals surface area (Å²) in [6.07, 6.45) is 3.15. The maximum Gasteiger partial charge on any atom is 0.341 e. The second kappa shape index (κ2) is 8.31. The van der Waals surface area contributed by atoms with Gasteiger partial charge in [-0.2, -0.15) is 5.10 Å². The predicted octanol–water partition coefficient (Wildman–Crippen LogP) is 4.81. The highest BCUT2D eigenvalue weighted by atomic mass is 32.1. The number of esters is 1. The van der Waals surface area contributed by atoms with Crippen molar-refractivity contribution in [2.24, 2.45) is 0 Å². The number of benzene rings is 1. The highest BCUT2D eigenvalue weighted by Gasteiger charge is 2.24. The Morgan fingerprint density at radius 3 is 2.58 bits per heavy atom. The number of aromatic nitrogens is 3. The van der Waals surface area contributed by atoms with E-state index < -0.39 is 5.97 Å². The number of nitrogens with one attached hydrogen (secondary N) is 1. The Morgan fingerprint density at radius 1 is 1.13 bits per heavy atom. The van der Waals surface area contributed by atoms with E-state index in [2.05, 4.69) is 15.4 Å². The van der Waals surface area contributed by atoms with Gasteiger partial charge in [0.15, 0.2) is 5.65 Å². The molecule has 0 saturated carbocycles. The molecular formula is C23H22N4O3S. The van der Waals surface area contributed by atoms with Crippen molar-refractivity contribution in [3.8, 4) is 11.3 Å². The smallest absolute Gasteiger partial charge is 0.341 e. The molecule has 3 aromatic heterocycles. The van der Waals surface area contributed by atoms with E-state index in [0.29, 0.717) is 21.8 Å². The molecule has 1 aromatic carbocycles. The molecule has 4 rings (SSSR count). The number of carbonyl (C=O) groups excluding carboxylic acids is 2. The van der Waals surface area contributed by atoms with Crippen molar-refractivity contribution >= 4 is 33.9 Å². The second-order valence-electron chi connectivity index (χ2n) is 7.15. The van der Waals surface area contributed by atoms with Crippen LogP contribution in [-0.4, -0.2) is 33.1 Å². The minimum Gasteiger partial charge on any atom is -0.462 e. The van der Waals surface area contributed by atoms with Crippen LogP contribution in [0.2, 0.25) is 0 Å². The summed E-state index contributed by atoms with van der Waals surface area (Å²) >= 11 is 1.35. The van der Waals surface area contributed by atoms with Gasteiger partial charge in [-0.3, -0.25) is 4.79 Å². The highest BCUT2D eigenvalue weighted by molar-refractivity contribution is 7.16. The van der Waals surface area contributed by atoms with Crippen molar-refractivity contribution in [1.82, 2.24) is 14.6 Å². The molecule has 31 heavy (non-hydrogen) atoms. The van der Waals surface area contributed by atoms with Gasteiger partial charge in [-0.15, -0.1) is 11.3 Å². The first kappa shape index (κ1) is 20.7. The molecule has 0 aliphatic rings. The van der Waals surface area contributed by atoms with Crippen molar-refractivity contribution in [3.05, 3.63) is 69.9 Å². The summed E-state index contributed by atoms with van der Waals surface area (Å²) in [5.74, 6) is -0.824. The van der Waals surface area contributed by atoms with Gasteiger partial charge in [-0.05, 0) is 39.3 Å². The van der Waals surface area contributed by atoms with E-state index in [1.807, 2.05) is 51.1 Å². The number of rotatable bonds is 5. The number of nitrogens with zero attached hydrogens (tertiary/aromatic N) is 3. The summed E-state index contributed by atoms with van der Waals surface area (Å²) in [5, 5.41) is 7.72.